The molecule has 0 amide bonds. The number of carbonyl (C=O) groups excluding carboxylic acids is 1. The molecule has 0 aliphatic rings. The van der Waals surface area contributed by atoms with Crippen LogP contribution in [0.25, 0.3) is 11.4 Å². The molecule has 0 saturated heterocycles. The summed E-state index contributed by atoms with van der Waals surface area (Å²) in [5.41, 5.74) is 1.54. The molecule has 0 bridgehead atoms. The van der Waals surface area contributed by atoms with Crippen LogP contribution in [0.5, 0.6) is 0 Å². The fourth-order valence-electron chi connectivity index (χ4n) is 1.45. The van der Waals surface area contributed by atoms with Crippen LogP contribution in [-0.4, -0.2) is 33.8 Å². The van der Waals surface area contributed by atoms with Crippen LogP contribution in [0, 0.1) is 6.92 Å². The zero-order valence-corrected chi connectivity index (χ0v) is 11.5. The molecule has 19 heavy (non-hydrogen) atoms. The maximum absolute atomic E-state index is 11.1. The van der Waals surface area contributed by atoms with E-state index >= 15 is 0 Å². The van der Waals surface area contributed by atoms with Crippen molar-refractivity contribution in [2.75, 3.05) is 12.9 Å². The van der Waals surface area contributed by atoms with Gasteiger partial charge in [-0.05, 0) is 25.1 Å². The normalized spacial score (nSPS) is 10.2. The smallest absolute Gasteiger partial charge is 0.316 e. The predicted molar refractivity (Wildman–Crippen MR) is 72.7 cm³/mol. The number of carbonyl (C=O) groups is 1. The summed E-state index contributed by atoms with van der Waals surface area (Å²) in [6.07, 6.45) is 1.72. The molecule has 2 aromatic rings. The Morgan fingerprint density at radius 2 is 2.16 bits per heavy atom. The number of hydrogen-bond acceptors (Lipinski definition) is 6. The number of nitrogens with zero attached hydrogens (tertiary/aromatic N) is 3. The van der Waals surface area contributed by atoms with Gasteiger partial charge in [0.1, 0.15) is 10.9 Å². The molecule has 0 atom stereocenters. The largest absolute Gasteiger partial charge is 0.468 e. The van der Waals surface area contributed by atoms with Gasteiger partial charge < -0.3 is 4.74 Å². The van der Waals surface area contributed by atoms with Crippen LogP contribution in [0.4, 0.5) is 0 Å². The molecule has 0 aliphatic heterocycles. The third-order valence-electron chi connectivity index (χ3n) is 2.31. The molecule has 0 aromatic carbocycles. The summed E-state index contributed by atoms with van der Waals surface area (Å²) in [6.45, 7) is 1.81. The average Bonchev–Trinajstić information content (AvgIpc) is 2.45. The van der Waals surface area contributed by atoms with Gasteiger partial charge in [0.15, 0.2) is 0 Å². The first-order valence-corrected chi connectivity index (χ1v) is 6.64. The Kier molecular flexibility index (Phi) is 4.46. The second-order valence-corrected chi connectivity index (χ2v) is 4.71. The number of methoxy groups -OCH3 is 1. The lowest BCUT2D eigenvalue weighted by atomic mass is 10.2. The minimum atomic E-state index is -0.277. The lowest BCUT2D eigenvalue weighted by molar-refractivity contribution is -0.137. The molecule has 0 spiro atoms. The topological polar surface area (TPSA) is 65.0 Å². The highest BCUT2D eigenvalue weighted by Gasteiger charge is 2.08. The van der Waals surface area contributed by atoms with Gasteiger partial charge in [-0.1, -0.05) is 17.8 Å². The standard InChI is InChI=1S/C13H13N3O2S/c1-9-15-11(10-5-3-4-6-14-10)7-12(16-9)19-8-13(17)18-2/h3-7H,8H2,1-2H3. The van der Waals surface area contributed by atoms with E-state index in [9.17, 15) is 4.79 Å². The Morgan fingerprint density at radius 3 is 2.84 bits per heavy atom. The van der Waals surface area contributed by atoms with Crippen molar-refractivity contribution in [2.45, 2.75) is 11.9 Å². The molecule has 98 valence electrons. The summed E-state index contributed by atoms with van der Waals surface area (Å²) in [6, 6.07) is 7.46. The van der Waals surface area contributed by atoms with E-state index in [1.165, 1.54) is 18.9 Å². The lowest BCUT2D eigenvalue weighted by Crippen LogP contribution is -2.04. The number of rotatable bonds is 4. The Labute approximate surface area is 115 Å². The summed E-state index contributed by atoms with van der Waals surface area (Å²) < 4.78 is 4.60. The van der Waals surface area contributed by atoms with Crippen LogP contribution >= 0.6 is 11.8 Å². The molecule has 0 fully saturated rings. The summed E-state index contributed by atoms with van der Waals surface area (Å²) in [5, 5.41) is 0.735. The molecule has 0 unspecified atom stereocenters. The molecule has 0 aliphatic carbocycles. The van der Waals surface area contributed by atoms with Gasteiger partial charge in [0.05, 0.1) is 24.3 Å². The van der Waals surface area contributed by atoms with Gasteiger partial charge in [0, 0.05) is 6.20 Å². The van der Waals surface area contributed by atoms with Crippen LogP contribution in [0.15, 0.2) is 35.5 Å². The number of hydrogen-bond donors (Lipinski definition) is 0. The Balaban J connectivity index is 2.22. The Bertz CT molecular complexity index is 575. The lowest BCUT2D eigenvalue weighted by Gasteiger charge is -2.05. The summed E-state index contributed by atoms with van der Waals surface area (Å²) >= 11 is 1.32. The third-order valence-corrected chi connectivity index (χ3v) is 3.19. The van der Waals surface area contributed by atoms with Crippen LogP contribution in [0.3, 0.4) is 0 Å². The van der Waals surface area contributed by atoms with E-state index in [2.05, 4.69) is 19.7 Å². The molecular formula is C13H13N3O2S. The molecule has 0 N–H and O–H groups in total. The molecule has 2 aromatic heterocycles. The van der Waals surface area contributed by atoms with Crippen molar-refractivity contribution >= 4 is 17.7 Å². The number of esters is 1. The highest BCUT2D eigenvalue weighted by atomic mass is 32.2. The van der Waals surface area contributed by atoms with Gasteiger partial charge in [-0.15, -0.1) is 0 Å². The van der Waals surface area contributed by atoms with Crippen molar-refractivity contribution in [3.8, 4) is 11.4 Å². The number of aryl methyl sites for hydroxylation is 1. The molecular weight excluding hydrogens is 262 g/mol. The van der Waals surface area contributed by atoms with Crippen molar-refractivity contribution in [1.82, 2.24) is 15.0 Å². The average molecular weight is 275 g/mol. The monoisotopic (exact) mass is 275 g/mol. The molecule has 2 heterocycles. The van der Waals surface area contributed by atoms with E-state index in [4.69, 9.17) is 0 Å². The van der Waals surface area contributed by atoms with E-state index in [-0.39, 0.29) is 11.7 Å². The van der Waals surface area contributed by atoms with Crippen LogP contribution < -0.4 is 0 Å². The fourth-order valence-corrected chi connectivity index (χ4v) is 2.23. The fraction of sp³-hybridized carbons (Fsp3) is 0.231. The van der Waals surface area contributed by atoms with Gasteiger partial charge in [-0.3, -0.25) is 9.78 Å². The van der Waals surface area contributed by atoms with Gasteiger partial charge in [0.25, 0.3) is 0 Å². The summed E-state index contributed by atoms with van der Waals surface area (Å²) in [4.78, 5) is 24.0. The zero-order valence-electron chi connectivity index (χ0n) is 10.7. The minimum Gasteiger partial charge on any atom is -0.468 e. The second-order valence-electron chi connectivity index (χ2n) is 3.72. The van der Waals surface area contributed by atoms with E-state index in [0.717, 1.165) is 16.4 Å². The van der Waals surface area contributed by atoms with E-state index in [0.29, 0.717) is 5.82 Å². The van der Waals surface area contributed by atoms with Crippen molar-refractivity contribution in [1.29, 1.82) is 0 Å². The quantitative estimate of drug-likeness (QED) is 0.484. The number of thioether (sulfide) groups is 1. The minimum absolute atomic E-state index is 0.231. The van der Waals surface area contributed by atoms with E-state index in [1.807, 2.05) is 31.2 Å². The number of aromatic nitrogens is 3. The Morgan fingerprint density at radius 1 is 1.32 bits per heavy atom. The predicted octanol–water partition coefficient (Wildman–Crippen LogP) is 2.11. The SMILES string of the molecule is COC(=O)CSc1cc(-c2ccccn2)nc(C)n1. The first kappa shape index (κ1) is 13.5. The summed E-state index contributed by atoms with van der Waals surface area (Å²) in [7, 11) is 1.37. The molecule has 2 rings (SSSR count). The zero-order chi connectivity index (χ0) is 13.7. The van der Waals surface area contributed by atoms with Crippen LogP contribution in [0.2, 0.25) is 0 Å². The number of pyridine rings is 1. The summed E-state index contributed by atoms with van der Waals surface area (Å²) in [5.74, 6) is 0.602. The first-order chi connectivity index (χ1) is 9.19. The maximum Gasteiger partial charge on any atom is 0.316 e. The van der Waals surface area contributed by atoms with Crippen molar-refractivity contribution < 1.29 is 9.53 Å². The van der Waals surface area contributed by atoms with Crippen molar-refractivity contribution in [3.63, 3.8) is 0 Å². The third kappa shape index (κ3) is 3.75. The molecule has 0 radical (unpaired) electrons. The Hall–Kier alpha value is -1.95. The van der Waals surface area contributed by atoms with E-state index in [1.54, 1.807) is 6.20 Å². The first-order valence-electron chi connectivity index (χ1n) is 5.66. The van der Waals surface area contributed by atoms with Gasteiger partial charge in [0.2, 0.25) is 0 Å². The molecule has 0 saturated carbocycles. The van der Waals surface area contributed by atoms with Crippen LogP contribution in [0.1, 0.15) is 5.82 Å². The van der Waals surface area contributed by atoms with Gasteiger partial charge in [-0.25, -0.2) is 9.97 Å². The molecule has 5 nitrogen and oxygen atoms in total. The number of ether oxygens (including phenoxy) is 1. The van der Waals surface area contributed by atoms with Crippen molar-refractivity contribution in [3.05, 3.63) is 36.3 Å². The van der Waals surface area contributed by atoms with Gasteiger partial charge in [-0.2, -0.15) is 0 Å². The molecule has 6 heteroatoms. The van der Waals surface area contributed by atoms with Crippen LogP contribution in [-0.2, 0) is 9.53 Å². The second kappa shape index (κ2) is 6.29. The van der Waals surface area contributed by atoms with E-state index < -0.39 is 0 Å². The van der Waals surface area contributed by atoms with Gasteiger partial charge >= 0.3 is 5.97 Å². The maximum atomic E-state index is 11.1. The van der Waals surface area contributed by atoms with Crippen molar-refractivity contribution in [2.24, 2.45) is 0 Å². The highest BCUT2D eigenvalue weighted by molar-refractivity contribution is 7.99. The highest BCUT2D eigenvalue weighted by Crippen LogP contribution is 2.21.